The number of anilines is 1. The van der Waals surface area contributed by atoms with E-state index >= 15 is 0 Å². The predicted octanol–water partition coefficient (Wildman–Crippen LogP) is 2.69. The number of rotatable bonds is 4. The van der Waals surface area contributed by atoms with Crippen LogP contribution in [0.25, 0.3) is 0 Å². The van der Waals surface area contributed by atoms with Crippen LogP contribution in [0, 0.1) is 5.92 Å². The molecule has 2 fully saturated rings. The van der Waals surface area contributed by atoms with Crippen molar-refractivity contribution in [2.75, 3.05) is 4.90 Å². The molecule has 27 heavy (non-hydrogen) atoms. The van der Waals surface area contributed by atoms with Crippen LogP contribution >= 0.6 is 0 Å². The monoisotopic (exact) mass is 366 g/mol. The Morgan fingerprint density at radius 3 is 2.67 bits per heavy atom. The largest absolute Gasteiger partial charge is 0.424 e. The third kappa shape index (κ3) is 2.82. The van der Waals surface area contributed by atoms with Gasteiger partial charge in [-0.1, -0.05) is 6.07 Å². The van der Waals surface area contributed by atoms with E-state index in [1.165, 1.54) is 36.4 Å². The third-order valence-corrected chi connectivity index (χ3v) is 5.11. The number of hydrogen-bond donors (Lipinski definition) is 1. The van der Waals surface area contributed by atoms with Crippen molar-refractivity contribution in [3.8, 4) is 11.8 Å². The first-order chi connectivity index (χ1) is 13.1. The summed E-state index contributed by atoms with van der Waals surface area (Å²) in [5.74, 6) is 0.923. The molecule has 0 radical (unpaired) electrons. The molecule has 1 aromatic heterocycles. The molecule has 8 nitrogen and oxygen atoms in total. The van der Waals surface area contributed by atoms with Gasteiger partial charge in [0.15, 0.2) is 0 Å². The Balaban J connectivity index is 1.34. The molecule has 2 aliphatic heterocycles. The van der Waals surface area contributed by atoms with Crippen molar-refractivity contribution in [1.82, 2.24) is 15.3 Å². The maximum atomic E-state index is 12.0. The molecule has 0 bridgehead atoms. The van der Waals surface area contributed by atoms with E-state index in [1.807, 2.05) is 18.2 Å². The van der Waals surface area contributed by atoms with Gasteiger partial charge in [0.05, 0.1) is 30.8 Å². The molecule has 1 saturated heterocycles. The molecule has 1 N–H and O–H groups in total. The van der Waals surface area contributed by atoms with Crippen molar-refractivity contribution < 1.29 is 19.1 Å². The van der Waals surface area contributed by atoms with E-state index in [0.29, 0.717) is 24.0 Å². The van der Waals surface area contributed by atoms with Crippen molar-refractivity contribution in [3.63, 3.8) is 0 Å². The van der Waals surface area contributed by atoms with Gasteiger partial charge in [-0.25, -0.2) is 19.7 Å². The average Bonchev–Trinajstić information content (AvgIpc) is 3.36. The van der Waals surface area contributed by atoms with Crippen LogP contribution in [0.1, 0.15) is 37.0 Å². The van der Waals surface area contributed by atoms with E-state index in [9.17, 15) is 9.59 Å². The van der Waals surface area contributed by atoms with E-state index < -0.39 is 12.1 Å². The fourth-order valence-corrected chi connectivity index (χ4v) is 3.52. The zero-order valence-corrected chi connectivity index (χ0v) is 14.7. The van der Waals surface area contributed by atoms with Gasteiger partial charge in [0.25, 0.3) is 5.91 Å². The molecule has 5 rings (SSSR count). The number of imide groups is 1. The molecule has 1 aliphatic carbocycles. The van der Waals surface area contributed by atoms with E-state index in [-0.39, 0.29) is 18.0 Å². The van der Waals surface area contributed by atoms with Crippen molar-refractivity contribution in [1.29, 1.82) is 0 Å². The molecule has 0 spiro atoms. The van der Waals surface area contributed by atoms with Crippen LogP contribution in [-0.4, -0.2) is 27.9 Å². The van der Waals surface area contributed by atoms with E-state index in [0.717, 1.165) is 4.90 Å². The number of urea groups is 1. The summed E-state index contributed by atoms with van der Waals surface area (Å²) in [5, 5.41) is 2.55. The number of ether oxygens (including phenoxy) is 2. The van der Waals surface area contributed by atoms with E-state index in [4.69, 9.17) is 9.47 Å². The molecular weight excluding hydrogens is 348 g/mol. The van der Waals surface area contributed by atoms with Crippen molar-refractivity contribution in [2.45, 2.75) is 38.5 Å². The summed E-state index contributed by atoms with van der Waals surface area (Å²) < 4.78 is 11.7. The van der Waals surface area contributed by atoms with Crippen LogP contribution in [0.2, 0.25) is 0 Å². The Kier molecular flexibility index (Phi) is 3.61. The summed E-state index contributed by atoms with van der Waals surface area (Å²) in [7, 11) is 0. The summed E-state index contributed by atoms with van der Waals surface area (Å²) in [6.45, 7) is 2.28. The van der Waals surface area contributed by atoms with Crippen LogP contribution in [-0.2, 0) is 16.1 Å². The number of nitrogens with zero attached hydrogens (tertiary/aromatic N) is 3. The van der Waals surface area contributed by atoms with Gasteiger partial charge in [-0.05, 0) is 48.9 Å². The van der Waals surface area contributed by atoms with Gasteiger partial charge in [0.2, 0.25) is 0 Å². The molecule has 2 aromatic rings. The summed E-state index contributed by atoms with van der Waals surface area (Å²) in [6.07, 6.45) is 5.39. The second-order valence-electron chi connectivity index (χ2n) is 7.10. The Morgan fingerprint density at radius 2 is 2.00 bits per heavy atom. The number of carbonyl (C=O) groups is 2. The van der Waals surface area contributed by atoms with E-state index in [1.54, 1.807) is 6.92 Å². The standard InChI is InChI=1S/C19H18N4O4/c1-10-17(24)23(19(25)22-10)13-7-20-18(21-8-13)27-14-5-4-12-9-26-16(11-2-3-11)15(12)6-14/h4-8,10-11,16H,2-3,9H2,1H3,(H,22,25)/t10-,16?/m0/s1. The predicted molar refractivity (Wildman–Crippen MR) is 94.3 cm³/mol. The van der Waals surface area contributed by atoms with Gasteiger partial charge in [0.1, 0.15) is 11.8 Å². The summed E-state index contributed by atoms with van der Waals surface area (Å²) >= 11 is 0. The van der Waals surface area contributed by atoms with Gasteiger partial charge in [0, 0.05) is 0 Å². The molecule has 138 valence electrons. The first-order valence-corrected chi connectivity index (χ1v) is 8.99. The lowest BCUT2D eigenvalue weighted by Gasteiger charge is -2.13. The van der Waals surface area contributed by atoms with Crippen molar-refractivity contribution in [2.24, 2.45) is 5.92 Å². The van der Waals surface area contributed by atoms with Crippen LogP contribution < -0.4 is 15.0 Å². The minimum Gasteiger partial charge on any atom is -0.424 e. The summed E-state index contributed by atoms with van der Waals surface area (Å²) in [5.41, 5.74) is 2.69. The van der Waals surface area contributed by atoms with Gasteiger partial charge in [-0.15, -0.1) is 0 Å². The molecule has 3 heterocycles. The zero-order valence-electron chi connectivity index (χ0n) is 14.7. The lowest BCUT2D eigenvalue weighted by molar-refractivity contribution is -0.117. The topological polar surface area (TPSA) is 93.7 Å². The number of benzene rings is 1. The lowest BCUT2D eigenvalue weighted by atomic mass is 10.0. The minimum absolute atomic E-state index is 0.153. The van der Waals surface area contributed by atoms with Gasteiger partial charge in [-0.3, -0.25) is 4.79 Å². The molecule has 3 aliphatic rings. The molecule has 2 atom stereocenters. The molecule has 1 saturated carbocycles. The maximum Gasteiger partial charge on any atom is 0.329 e. The number of carbonyl (C=O) groups excluding carboxylic acids is 2. The first kappa shape index (κ1) is 16.2. The van der Waals surface area contributed by atoms with Crippen LogP contribution in [0.3, 0.4) is 0 Å². The lowest BCUT2D eigenvalue weighted by Crippen LogP contribution is -2.31. The van der Waals surface area contributed by atoms with Crippen molar-refractivity contribution in [3.05, 3.63) is 41.7 Å². The van der Waals surface area contributed by atoms with Gasteiger partial charge in [-0.2, -0.15) is 0 Å². The van der Waals surface area contributed by atoms with Gasteiger partial charge < -0.3 is 14.8 Å². The number of aromatic nitrogens is 2. The number of hydrogen-bond acceptors (Lipinski definition) is 6. The molecule has 1 aromatic carbocycles. The average molecular weight is 366 g/mol. The fourth-order valence-electron chi connectivity index (χ4n) is 3.52. The quantitative estimate of drug-likeness (QED) is 0.836. The second kappa shape index (κ2) is 6.02. The second-order valence-corrected chi connectivity index (χ2v) is 7.10. The highest BCUT2D eigenvalue weighted by molar-refractivity contribution is 6.21. The Morgan fingerprint density at radius 1 is 1.22 bits per heavy atom. The van der Waals surface area contributed by atoms with Crippen molar-refractivity contribution >= 4 is 17.6 Å². The van der Waals surface area contributed by atoms with Crippen LogP contribution in [0.4, 0.5) is 10.5 Å². The number of fused-ring (bicyclic) bond motifs is 1. The minimum atomic E-state index is -0.554. The highest BCUT2D eigenvalue weighted by atomic mass is 16.5. The van der Waals surface area contributed by atoms with Crippen LogP contribution in [0.5, 0.6) is 11.8 Å². The zero-order chi connectivity index (χ0) is 18.5. The molecule has 3 amide bonds. The molecular formula is C19H18N4O4. The number of nitrogens with one attached hydrogen (secondary N) is 1. The maximum absolute atomic E-state index is 12.0. The third-order valence-electron chi connectivity index (χ3n) is 5.11. The first-order valence-electron chi connectivity index (χ1n) is 8.99. The summed E-state index contributed by atoms with van der Waals surface area (Å²) in [4.78, 5) is 33.2. The number of amides is 3. The van der Waals surface area contributed by atoms with E-state index in [2.05, 4.69) is 15.3 Å². The van der Waals surface area contributed by atoms with Crippen LogP contribution in [0.15, 0.2) is 30.6 Å². The Labute approximate surface area is 155 Å². The van der Waals surface area contributed by atoms with Gasteiger partial charge >= 0.3 is 12.0 Å². The highest BCUT2D eigenvalue weighted by Gasteiger charge is 2.38. The fraction of sp³-hybridized carbons (Fsp3) is 0.368. The Hall–Kier alpha value is -3.00. The highest BCUT2D eigenvalue weighted by Crippen LogP contribution is 2.48. The Bertz CT molecular complexity index is 926. The smallest absolute Gasteiger partial charge is 0.329 e. The molecule has 8 heteroatoms. The SMILES string of the molecule is C[C@@H]1NC(=O)N(c2cnc(Oc3ccc4c(c3)C(C3CC3)OC4)nc2)C1=O. The normalized spacial score (nSPS) is 24.1. The summed E-state index contributed by atoms with van der Waals surface area (Å²) in [6, 6.07) is 4.99. The molecule has 1 unspecified atom stereocenters.